The molecule has 2 amide bonds. The molecule has 35 heavy (non-hydrogen) atoms. The minimum Gasteiger partial charge on any atom is -0.481 e. The van der Waals surface area contributed by atoms with Crippen molar-refractivity contribution >= 4 is 17.8 Å². The maximum Gasteiger partial charge on any atom is 0.303 e. The van der Waals surface area contributed by atoms with Gasteiger partial charge in [-0.25, -0.2) is 0 Å². The molecule has 0 heterocycles. The second-order valence-corrected chi connectivity index (χ2v) is 8.14. The third kappa shape index (κ3) is 46.3. The van der Waals surface area contributed by atoms with Gasteiger partial charge in [0.15, 0.2) is 0 Å². The number of carboxylic acids is 1. The highest BCUT2D eigenvalue weighted by Gasteiger charge is 2.00. The molecule has 0 radical (unpaired) electrons. The number of nitrogens with two attached hydrogens (primary N) is 2. The third-order valence-electron chi connectivity index (χ3n) is 4.58. The number of hydrogen-bond acceptors (Lipinski definition) is 7. The van der Waals surface area contributed by atoms with Crippen molar-refractivity contribution in [1.82, 2.24) is 10.6 Å². The summed E-state index contributed by atoms with van der Waals surface area (Å²) in [7, 11) is 3.75. The first-order chi connectivity index (χ1) is 16.8. The van der Waals surface area contributed by atoms with E-state index in [1.807, 2.05) is 21.0 Å². The summed E-state index contributed by atoms with van der Waals surface area (Å²) in [6.07, 6.45) is 12.2. The highest BCUT2D eigenvalue weighted by Crippen LogP contribution is 2.09. The summed E-state index contributed by atoms with van der Waals surface area (Å²) in [5.41, 5.74) is 10.1. The number of nitrogens with one attached hydrogen (secondary N) is 2. The number of unbranched alkanes of at least 4 members (excludes halogenated alkanes) is 9. The monoisotopic (exact) mass is 506 g/mol. The van der Waals surface area contributed by atoms with Crippen LogP contribution in [0.3, 0.4) is 0 Å². The highest BCUT2D eigenvalue weighted by atomic mass is 16.5. The Kier molecular flexibility index (Phi) is 37.2. The van der Waals surface area contributed by atoms with E-state index in [-0.39, 0.29) is 24.8 Å². The molecule has 0 bridgehead atoms. The molecule has 0 unspecified atom stereocenters. The highest BCUT2D eigenvalue weighted by molar-refractivity contribution is 5.77. The summed E-state index contributed by atoms with van der Waals surface area (Å²) in [6, 6.07) is 0. The average Bonchev–Trinajstić information content (AvgIpc) is 2.81. The van der Waals surface area contributed by atoms with E-state index in [4.69, 9.17) is 26.0 Å². The van der Waals surface area contributed by atoms with Gasteiger partial charge in [-0.15, -0.1) is 0 Å². The Morgan fingerprint density at radius 3 is 1.77 bits per heavy atom. The van der Waals surface area contributed by atoms with Gasteiger partial charge in [0, 0.05) is 26.0 Å². The molecular formula is C25H54N4O6. The topological polar surface area (TPSA) is 166 Å². The van der Waals surface area contributed by atoms with E-state index >= 15 is 0 Å². The van der Waals surface area contributed by atoms with Crippen LogP contribution in [-0.2, 0) is 23.9 Å². The first-order valence-electron chi connectivity index (χ1n) is 13.1. The normalized spacial score (nSPS) is 9.94. The molecule has 210 valence electrons. The van der Waals surface area contributed by atoms with Crippen LogP contribution >= 0.6 is 0 Å². The van der Waals surface area contributed by atoms with E-state index in [0.717, 1.165) is 51.4 Å². The van der Waals surface area contributed by atoms with Gasteiger partial charge in [-0.3, -0.25) is 14.4 Å². The summed E-state index contributed by atoms with van der Waals surface area (Å²) in [5.74, 6) is -0.987. The Morgan fingerprint density at radius 2 is 1.26 bits per heavy atom. The van der Waals surface area contributed by atoms with E-state index in [1.54, 1.807) is 0 Å². The van der Waals surface area contributed by atoms with Gasteiger partial charge in [0.2, 0.25) is 11.8 Å². The van der Waals surface area contributed by atoms with Gasteiger partial charge in [0.25, 0.3) is 0 Å². The molecule has 0 rings (SSSR count). The summed E-state index contributed by atoms with van der Waals surface area (Å²) in [4.78, 5) is 31.9. The smallest absolute Gasteiger partial charge is 0.303 e. The molecule has 10 heteroatoms. The Morgan fingerprint density at radius 1 is 0.771 bits per heavy atom. The lowest BCUT2D eigenvalue weighted by Gasteiger charge is -2.06. The van der Waals surface area contributed by atoms with Crippen molar-refractivity contribution in [2.45, 2.75) is 90.4 Å². The lowest BCUT2D eigenvalue weighted by atomic mass is 10.1. The zero-order chi connectivity index (χ0) is 27.0. The fourth-order valence-corrected chi connectivity index (χ4v) is 2.79. The Bertz CT molecular complexity index is 467. The van der Waals surface area contributed by atoms with Crippen molar-refractivity contribution in [3.8, 4) is 0 Å². The number of rotatable bonds is 22. The molecule has 0 fully saturated rings. The molecule has 0 saturated heterocycles. The zero-order valence-electron chi connectivity index (χ0n) is 22.6. The maximum absolute atomic E-state index is 11.4. The van der Waals surface area contributed by atoms with Crippen molar-refractivity contribution in [2.75, 3.05) is 53.6 Å². The molecule has 0 atom stereocenters. The van der Waals surface area contributed by atoms with Crippen LogP contribution in [-0.4, -0.2) is 76.5 Å². The van der Waals surface area contributed by atoms with Crippen molar-refractivity contribution in [3.63, 3.8) is 0 Å². The quantitative estimate of drug-likeness (QED) is 0.140. The minimum atomic E-state index is -0.702. The molecule has 0 spiro atoms. The van der Waals surface area contributed by atoms with Gasteiger partial charge in [-0.1, -0.05) is 44.9 Å². The minimum absolute atomic E-state index is 0.0695. The lowest BCUT2D eigenvalue weighted by Crippen LogP contribution is -2.29. The summed E-state index contributed by atoms with van der Waals surface area (Å²) in [5, 5.41) is 14.1. The van der Waals surface area contributed by atoms with E-state index in [0.29, 0.717) is 39.3 Å². The predicted molar refractivity (Wildman–Crippen MR) is 141 cm³/mol. The van der Waals surface area contributed by atoms with Crippen LogP contribution in [0.2, 0.25) is 0 Å². The number of carbonyl (C=O) groups excluding carboxylic acids is 2. The van der Waals surface area contributed by atoms with Crippen LogP contribution in [0, 0.1) is 0 Å². The van der Waals surface area contributed by atoms with Gasteiger partial charge < -0.3 is 36.7 Å². The molecule has 0 aromatic heterocycles. The number of carboxylic acid groups (broad SMARTS) is 1. The van der Waals surface area contributed by atoms with Crippen LogP contribution in [0.15, 0.2) is 0 Å². The number of hydrogen-bond donors (Lipinski definition) is 5. The number of carbonyl (C=O) groups is 3. The van der Waals surface area contributed by atoms with Crippen LogP contribution in [0.5, 0.6) is 0 Å². The van der Waals surface area contributed by atoms with Crippen LogP contribution in [0.25, 0.3) is 0 Å². The van der Waals surface area contributed by atoms with Crippen molar-refractivity contribution in [3.05, 3.63) is 0 Å². The maximum atomic E-state index is 11.4. The zero-order valence-corrected chi connectivity index (χ0v) is 22.6. The Labute approximate surface area is 213 Å². The molecule has 0 aliphatic rings. The second kappa shape index (κ2) is 34.4. The van der Waals surface area contributed by atoms with Crippen molar-refractivity contribution < 1.29 is 29.0 Å². The second-order valence-electron chi connectivity index (χ2n) is 8.14. The fraction of sp³-hybridized carbons (Fsp3) is 0.880. The summed E-state index contributed by atoms with van der Waals surface area (Å²) >= 11 is 0. The van der Waals surface area contributed by atoms with E-state index in [9.17, 15) is 14.4 Å². The first kappa shape index (κ1) is 37.8. The summed E-state index contributed by atoms with van der Waals surface area (Å²) < 4.78 is 10.3. The molecule has 0 aromatic carbocycles. The number of ether oxygens (including phenoxy) is 2. The van der Waals surface area contributed by atoms with Crippen molar-refractivity contribution in [2.24, 2.45) is 11.5 Å². The number of amides is 2. The van der Waals surface area contributed by atoms with E-state index in [2.05, 4.69) is 10.6 Å². The van der Waals surface area contributed by atoms with Gasteiger partial charge in [0.1, 0.15) is 6.61 Å². The van der Waals surface area contributed by atoms with Crippen LogP contribution < -0.4 is 22.1 Å². The molecule has 0 saturated carbocycles. The standard InChI is InChI=1S/C17H33NO5.C6H14N2O.C2H7N/c1-2-22-13-14-23-15-16(19)18-12-10-8-6-4-3-5-7-9-11-17(20)21;7-5-3-1-2-4-6(8)9;1-3-2/h2-15H2,1H3,(H,18,19)(H,20,21);1-5,7H2,(H2,8,9);3H,1-2H3. The summed E-state index contributed by atoms with van der Waals surface area (Å²) in [6.45, 7) is 5.08. The van der Waals surface area contributed by atoms with Crippen molar-refractivity contribution in [1.29, 1.82) is 0 Å². The van der Waals surface area contributed by atoms with Gasteiger partial charge in [0.05, 0.1) is 13.2 Å². The van der Waals surface area contributed by atoms with E-state index < -0.39 is 5.97 Å². The van der Waals surface area contributed by atoms with Gasteiger partial charge in [-0.05, 0) is 53.2 Å². The molecule has 7 N–H and O–H groups in total. The number of primary amides is 1. The molecular weight excluding hydrogens is 452 g/mol. The first-order valence-corrected chi connectivity index (χ1v) is 13.1. The average molecular weight is 507 g/mol. The largest absolute Gasteiger partial charge is 0.481 e. The fourth-order valence-electron chi connectivity index (χ4n) is 2.79. The van der Waals surface area contributed by atoms with Crippen LogP contribution in [0.1, 0.15) is 90.4 Å². The predicted octanol–water partition coefficient (Wildman–Crippen LogP) is 2.58. The third-order valence-corrected chi connectivity index (χ3v) is 4.58. The Balaban J connectivity index is -0.000000705. The van der Waals surface area contributed by atoms with Crippen LogP contribution in [0.4, 0.5) is 0 Å². The molecule has 0 aromatic rings. The Hall–Kier alpha value is -1.75. The molecule has 0 aliphatic heterocycles. The molecule has 10 nitrogen and oxygen atoms in total. The van der Waals surface area contributed by atoms with Gasteiger partial charge >= 0.3 is 5.97 Å². The van der Waals surface area contributed by atoms with E-state index in [1.165, 1.54) is 19.3 Å². The molecule has 0 aliphatic carbocycles. The lowest BCUT2D eigenvalue weighted by molar-refractivity contribution is -0.137. The SMILES string of the molecule is CCOCCOCC(=O)NCCCCCCCCCCC(=O)O.CNC.NCCCCCC(N)=O. The number of aliphatic carboxylic acids is 1. The van der Waals surface area contributed by atoms with Gasteiger partial charge in [-0.2, -0.15) is 0 Å².